The normalized spacial score (nSPS) is 11.1. The predicted octanol–water partition coefficient (Wildman–Crippen LogP) is 6.18. The number of hydrogen-bond donors (Lipinski definition) is 1. The highest BCUT2D eigenvalue weighted by Gasteiger charge is 2.11. The molecule has 0 aliphatic rings. The van der Waals surface area contributed by atoms with Crippen molar-refractivity contribution in [1.82, 2.24) is 14.9 Å². The maximum atomic E-state index is 12.4. The molecule has 1 N–H and O–H groups in total. The lowest BCUT2D eigenvalue weighted by Gasteiger charge is -2.12. The molecule has 35 heavy (non-hydrogen) atoms. The third-order valence-electron chi connectivity index (χ3n) is 6.55. The summed E-state index contributed by atoms with van der Waals surface area (Å²) in [4.78, 5) is 17.3. The van der Waals surface area contributed by atoms with E-state index in [0.717, 1.165) is 66.0 Å². The van der Waals surface area contributed by atoms with Crippen molar-refractivity contribution in [2.24, 2.45) is 0 Å². The third kappa shape index (κ3) is 6.30. The van der Waals surface area contributed by atoms with Crippen LogP contribution in [-0.2, 0) is 13.0 Å². The number of aryl methyl sites for hydroxylation is 4. The largest absolute Gasteiger partial charge is 0.492 e. The van der Waals surface area contributed by atoms with Gasteiger partial charge in [0.25, 0.3) is 5.91 Å². The zero-order valence-corrected chi connectivity index (χ0v) is 21.0. The molecule has 0 radical (unpaired) electrons. The van der Waals surface area contributed by atoms with Crippen LogP contribution in [0.1, 0.15) is 52.1 Å². The van der Waals surface area contributed by atoms with Gasteiger partial charge in [-0.3, -0.25) is 4.79 Å². The number of amides is 1. The molecule has 0 aliphatic carbocycles. The molecule has 5 nitrogen and oxygen atoms in total. The van der Waals surface area contributed by atoms with E-state index >= 15 is 0 Å². The van der Waals surface area contributed by atoms with Crippen LogP contribution in [0.5, 0.6) is 5.75 Å². The number of carbonyl (C=O) groups excluding carboxylic acids is 1. The number of para-hydroxylation sites is 2. The number of carbonyl (C=O) groups is 1. The minimum atomic E-state index is 0.00802. The minimum absolute atomic E-state index is 0.00802. The number of aromatic nitrogens is 2. The van der Waals surface area contributed by atoms with Gasteiger partial charge in [0.2, 0.25) is 0 Å². The smallest absolute Gasteiger partial charge is 0.251 e. The van der Waals surface area contributed by atoms with Gasteiger partial charge in [-0.1, -0.05) is 42.8 Å². The number of unbranched alkanes of at least 4 members (excludes halogenated alkanes) is 2. The Morgan fingerprint density at radius 1 is 0.886 bits per heavy atom. The number of ether oxygens (including phenoxy) is 1. The van der Waals surface area contributed by atoms with Gasteiger partial charge in [0, 0.05) is 18.5 Å². The van der Waals surface area contributed by atoms with Gasteiger partial charge in [-0.15, -0.1) is 0 Å². The second-order valence-corrected chi connectivity index (χ2v) is 9.14. The SMILES string of the molecule is Cc1ccc(OCCn2c(CCCCCNC(=O)c3ccccc3C)nc3ccccc32)cc1C. The molecule has 0 saturated heterocycles. The van der Waals surface area contributed by atoms with Crippen molar-refractivity contribution in [2.75, 3.05) is 13.2 Å². The van der Waals surface area contributed by atoms with Crippen LogP contribution >= 0.6 is 0 Å². The van der Waals surface area contributed by atoms with Crippen molar-refractivity contribution in [2.45, 2.75) is 53.0 Å². The highest BCUT2D eigenvalue weighted by molar-refractivity contribution is 5.95. The average Bonchev–Trinajstić information content (AvgIpc) is 3.21. The number of hydrogen-bond acceptors (Lipinski definition) is 3. The molecule has 0 unspecified atom stereocenters. The molecule has 4 rings (SSSR count). The first-order valence-electron chi connectivity index (χ1n) is 12.5. The number of benzene rings is 3. The Kier molecular flexibility index (Phi) is 8.19. The Bertz CT molecular complexity index is 1290. The Morgan fingerprint density at radius 3 is 2.51 bits per heavy atom. The van der Waals surface area contributed by atoms with Gasteiger partial charge >= 0.3 is 0 Å². The monoisotopic (exact) mass is 469 g/mol. The Morgan fingerprint density at radius 2 is 1.69 bits per heavy atom. The van der Waals surface area contributed by atoms with Crippen LogP contribution in [0.2, 0.25) is 0 Å². The second-order valence-electron chi connectivity index (χ2n) is 9.14. The quantitative estimate of drug-likeness (QED) is 0.267. The fraction of sp³-hybridized carbons (Fsp3) is 0.333. The maximum Gasteiger partial charge on any atom is 0.251 e. The molecule has 0 fully saturated rings. The Balaban J connectivity index is 1.28. The Hall–Kier alpha value is -3.60. The summed E-state index contributed by atoms with van der Waals surface area (Å²) in [6.45, 7) is 8.23. The molecular weight excluding hydrogens is 434 g/mol. The van der Waals surface area contributed by atoms with Crippen molar-refractivity contribution < 1.29 is 9.53 Å². The minimum Gasteiger partial charge on any atom is -0.492 e. The van der Waals surface area contributed by atoms with E-state index in [-0.39, 0.29) is 5.91 Å². The summed E-state index contributed by atoms with van der Waals surface area (Å²) in [6, 6.07) is 22.2. The van der Waals surface area contributed by atoms with Gasteiger partial charge in [0.1, 0.15) is 18.2 Å². The van der Waals surface area contributed by atoms with Crippen LogP contribution in [0.4, 0.5) is 0 Å². The Labute approximate surface area is 208 Å². The fourth-order valence-corrected chi connectivity index (χ4v) is 4.33. The van der Waals surface area contributed by atoms with Gasteiger partial charge in [0.05, 0.1) is 17.6 Å². The first-order valence-corrected chi connectivity index (χ1v) is 12.5. The molecule has 1 aromatic heterocycles. The lowest BCUT2D eigenvalue weighted by atomic mass is 10.1. The van der Waals surface area contributed by atoms with Gasteiger partial charge in [-0.2, -0.15) is 0 Å². The first kappa shape index (κ1) is 24.5. The number of imidazole rings is 1. The molecule has 0 aliphatic heterocycles. The van der Waals surface area contributed by atoms with Crippen LogP contribution < -0.4 is 10.1 Å². The summed E-state index contributed by atoms with van der Waals surface area (Å²) < 4.78 is 8.34. The molecule has 4 aromatic rings. The summed E-state index contributed by atoms with van der Waals surface area (Å²) in [5, 5.41) is 3.05. The van der Waals surface area contributed by atoms with Crippen LogP contribution in [-0.4, -0.2) is 28.6 Å². The lowest BCUT2D eigenvalue weighted by Crippen LogP contribution is -2.25. The molecule has 0 spiro atoms. The van der Waals surface area contributed by atoms with E-state index in [1.807, 2.05) is 43.3 Å². The van der Waals surface area contributed by atoms with Crippen LogP contribution in [0.15, 0.2) is 66.7 Å². The number of rotatable bonds is 11. The molecule has 0 atom stereocenters. The molecule has 0 saturated carbocycles. The number of nitrogens with one attached hydrogen (secondary N) is 1. The van der Waals surface area contributed by atoms with E-state index in [0.29, 0.717) is 13.2 Å². The molecular formula is C30H35N3O2. The van der Waals surface area contributed by atoms with E-state index < -0.39 is 0 Å². The average molecular weight is 470 g/mol. The summed E-state index contributed by atoms with van der Waals surface area (Å²) in [5.41, 5.74) is 6.45. The molecule has 0 bridgehead atoms. The summed E-state index contributed by atoms with van der Waals surface area (Å²) in [5.74, 6) is 2.01. The number of nitrogens with zero attached hydrogens (tertiary/aromatic N) is 2. The van der Waals surface area contributed by atoms with Crippen LogP contribution in [0.3, 0.4) is 0 Å². The zero-order valence-electron chi connectivity index (χ0n) is 21.0. The maximum absolute atomic E-state index is 12.4. The van der Waals surface area contributed by atoms with Crippen molar-refractivity contribution in [3.05, 3.63) is 94.8 Å². The van der Waals surface area contributed by atoms with Crippen molar-refractivity contribution >= 4 is 16.9 Å². The van der Waals surface area contributed by atoms with Gasteiger partial charge < -0.3 is 14.6 Å². The highest BCUT2D eigenvalue weighted by Crippen LogP contribution is 2.20. The lowest BCUT2D eigenvalue weighted by molar-refractivity contribution is 0.0952. The summed E-state index contributed by atoms with van der Waals surface area (Å²) >= 11 is 0. The topological polar surface area (TPSA) is 56.1 Å². The third-order valence-corrected chi connectivity index (χ3v) is 6.55. The van der Waals surface area contributed by atoms with Crippen molar-refractivity contribution in [3.8, 4) is 5.75 Å². The number of fused-ring (bicyclic) bond motifs is 1. The molecule has 1 heterocycles. The summed E-state index contributed by atoms with van der Waals surface area (Å²) in [7, 11) is 0. The molecule has 5 heteroatoms. The molecule has 1 amide bonds. The van der Waals surface area contributed by atoms with E-state index in [9.17, 15) is 4.79 Å². The van der Waals surface area contributed by atoms with E-state index in [4.69, 9.17) is 9.72 Å². The van der Waals surface area contributed by atoms with E-state index in [2.05, 4.69) is 54.1 Å². The summed E-state index contributed by atoms with van der Waals surface area (Å²) in [6.07, 6.45) is 3.93. The van der Waals surface area contributed by atoms with Crippen molar-refractivity contribution in [1.29, 1.82) is 0 Å². The standard InChI is InChI=1S/C30H35N3O2/c1-22-16-17-25(21-24(22)3)35-20-19-33-28-14-9-8-13-27(28)32-29(33)15-5-4-10-18-31-30(34)26-12-7-6-11-23(26)2/h6-9,11-14,16-17,21H,4-5,10,15,18-20H2,1-3H3,(H,31,34). The fourth-order valence-electron chi connectivity index (χ4n) is 4.33. The van der Waals surface area contributed by atoms with Gasteiger partial charge in [0.15, 0.2) is 0 Å². The van der Waals surface area contributed by atoms with E-state index in [1.54, 1.807) is 0 Å². The first-order chi connectivity index (χ1) is 17.0. The van der Waals surface area contributed by atoms with Crippen LogP contribution in [0.25, 0.3) is 11.0 Å². The highest BCUT2D eigenvalue weighted by atomic mass is 16.5. The van der Waals surface area contributed by atoms with Crippen molar-refractivity contribution in [3.63, 3.8) is 0 Å². The van der Waals surface area contributed by atoms with Gasteiger partial charge in [-0.25, -0.2) is 4.98 Å². The molecule has 182 valence electrons. The predicted molar refractivity (Wildman–Crippen MR) is 142 cm³/mol. The van der Waals surface area contributed by atoms with E-state index in [1.165, 1.54) is 11.1 Å². The van der Waals surface area contributed by atoms with Crippen LogP contribution in [0, 0.1) is 20.8 Å². The van der Waals surface area contributed by atoms with Gasteiger partial charge in [-0.05, 0) is 80.6 Å². The zero-order chi connectivity index (χ0) is 24.6. The second kappa shape index (κ2) is 11.7. The molecule has 3 aromatic carbocycles.